The van der Waals surface area contributed by atoms with Crippen LogP contribution in [-0.2, 0) is 26.0 Å². The van der Waals surface area contributed by atoms with Crippen molar-refractivity contribution >= 4 is 10.0 Å². The van der Waals surface area contributed by atoms with Crippen LogP contribution in [0.2, 0.25) is 0 Å². The predicted molar refractivity (Wildman–Crippen MR) is 119 cm³/mol. The van der Waals surface area contributed by atoms with Crippen molar-refractivity contribution in [3.8, 4) is 0 Å². The Morgan fingerprint density at radius 3 is 2.32 bits per heavy atom. The Hall–Kier alpha value is -2.47. The topological polar surface area (TPSA) is 46.6 Å². The van der Waals surface area contributed by atoms with Crippen LogP contribution in [0, 0.1) is 12.8 Å². The monoisotopic (exact) mass is 431 g/mol. The molecule has 0 aromatic heterocycles. The molecule has 3 aromatic carbocycles. The molecule has 1 spiro atoms. The van der Waals surface area contributed by atoms with E-state index in [1.54, 1.807) is 16.4 Å². The Labute approximate surface area is 183 Å². The fraction of sp³-hybridized carbons (Fsp3) is 0.308. The van der Waals surface area contributed by atoms with Crippen molar-refractivity contribution in [3.05, 3.63) is 101 Å². The number of piperidine rings is 1. The molecule has 158 valence electrons. The summed E-state index contributed by atoms with van der Waals surface area (Å²) in [6.45, 7) is 2.92. The highest BCUT2D eigenvalue weighted by molar-refractivity contribution is 7.89. The van der Waals surface area contributed by atoms with E-state index in [1.165, 1.54) is 11.1 Å². The van der Waals surface area contributed by atoms with Crippen molar-refractivity contribution < 1.29 is 13.2 Å². The lowest BCUT2D eigenvalue weighted by Crippen LogP contribution is -2.50. The summed E-state index contributed by atoms with van der Waals surface area (Å²) in [5, 5.41) is 0. The molecule has 0 amide bonds. The lowest BCUT2D eigenvalue weighted by Gasteiger charge is -2.42. The summed E-state index contributed by atoms with van der Waals surface area (Å²) in [5.41, 5.74) is 3.79. The second-order valence-corrected chi connectivity index (χ2v) is 11.0. The van der Waals surface area contributed by atoms with E-state index in [9.17, 15) is 8.42 Å². The molecule has 3 aromatic rings. The molecule has 0 saturated carbocycles. The molecule has 0 radical (unpaired) electrons. The number of fused-ring (bicyclic) bond motifs is 3. The lowest BCUT2D eigenvalue weighted by atomic mass is 9.66. The summed E-state index contributed by atoms with van der Waals surface area (Å²) in [4.78, 5) is 0.372. The van der Waals surface area contributed by atoms with Crippen molar-refractivity contribution in [3.63, 3.8) is 0 Å². The van der Waals surface area contributed by atoms with Crippen LogP contribution < -0.4 is 0 Å². The zero-order valence-corrected chi connectivity index (χ0v) is 18.3. The SMILES string of the molecule is Cc1ccc(S(=O)(=O)N2CC[C@]34O[C@@](c5ccccc5)(CC3C2)c2ccccc24)cc1. The molecule has 4 nitrogen and oxygen atoms in total. The van der Waals surface area contributed by atoms with Gasteiger partial charge in [-0.2, -0.15) is 4.31 Å². The third-order valence-electron chi connectivity index (χ3n) is 7.42. The van der Waals surface area contributed by atoms with Crippen molar-refractivity contribution in [2.24, 2.45) is 5.92 Å². The molecule has 0 aliphatic carbocycles. The summed E-state index contributed by atoms with van der Waals surface area (Å²) >= 11 is 0. The molecule has 1 unspecified atom stereocenters. The molecular weight excluding hydrogens is 406 g/mol. The van der Waals surface area contributed by atoms with E-state index in [2.05, 4.69) is 48.5 Å². The Morgan fingerprint density at radius 2 is 1.58 bits per heavy atom. The molecular formula is C26H25NO3S. The number of benzene rings is 3. The van der Waals surface area contributed by atoms with Gasteiger partial charge in [0, 0.05) is 19.0 Å². The van der Waals surface area contributed by atoms with Gasteiger partial charge < -0.3 is 4.74 Å². The van der Waals surface area contributed by atoms with Crippen molar-refractivity contribution in [2.75, 3.05) is 13.1 Å². The summed E-state index contributed by atoms with van der Waals surface area (Å²) < 4.78 is 35.4. The number of rotatable bonds is 3. The Bertz CT molecular complexity index is 1260. The van der Waals surface area contributed by atoms with Crippen LogP contribution in [0.25, 0.3) is 0 Å². The van der Waals surface area contributed by atoms with Crippen LogP contribution in [0.5, 0.6) is 0 Å². The lowest BCUT2D eigenvalue weighted by molar-refractivity contribution is -0.0961. The molecule has 3 atom stereocenters. The van der Waals surface area contributed by atoms with Crippen LogP contribution in [0.15, 0.2) is 83.8 Å². The predicted octanol–water partition coefficient (Wildman–Crippen LogP) is 4.58. The van der Waals surface area contributed by atoms with E-state index < -0.39 is 21.2 Å². The van der Waals surface area contributed by atoms with Crippen molar-refractivity contribution in [1.82, 2.24) is 4.31 Å². The first kappa shape index (κ1) is 19.2. The molecule has 3 aliphatic heterocycles. The van der Waals surface area contributed by atoms with Crippen LogP contribution in [0.3, 0.4) is 0 Å². The molecule has 3 aliphatic rings. The number of sulfonamides is 1. The Morgan fingerprint density at radius 1 is 0.903 bits per heavy atom. The summed E-state index contributed by atoms with van der Waals surface area (Å²) in [6.07, 6.45) is 1.47. The second-order valence-electron chi connectivity index (χ2n) is 9.06. The Kier molecular flexibility index (Phi) is 4.04. The van der Waals surface area contributed by atoms with Gasteiger partial charge >= 0.3 is 0 Å². The van der Waals surface area contributed by atoms with Crippen LogP contribution >= 0.6 is 0 Å². The quantitative estimate of drug-likeness (QED) is 0.610. The maximum Gasteiger partial charge on any atom is 0.243 e. The maximum absolute atomic E-state index is 13.4. The smallest absolute Gasteiger partial charge is 0.243 e. The largest absolute Gasteiger partial charge is 0.354 e. The van der Waals surface area contributed by atoms with Gasteiger partial charge in [0.25, 0.3) is 0 Å². The highest BCUT2D eigenvalue weighted by atomic mass is 32.2. The zero-order valence-electron chi connectivity index (χ0n) is 17.5. The normalized spacial score (nSPS) is 29.5. The third kappa shape index (κ3) is 2.57. The van der Waals surface area contributed by atoms with Gasteiger partial charge in [-0.15, -0.1) is 0 Å². The minimum Gasteiger partial charge on any atom is -0.354 e. The fourth-order valence-corrected chi connectivity index (χ4v) is 7.42. The van der Waals surface area contributed by atoms with Crippen LogP contribution in [0.1, 0.15) is 35.1 Å². The molecule has 6 rings (SSSR count). The van der Waals surface area contributed by atoms with Crippen LogP contribution in [0.4, 0.5) is 0 Å². The summed E-state index contributed by atoms with van der Waals surface area (Å²) in [7, 11) is -3.52. The van der Waals surface area contributed by atoms with E-state index in [0.717, 1.165) is 17.5 Å². The van der Waals surface area contributed by atoms with Crippen molar-refractivity contribution in [2.45, 2.75) is 35.9 Å². The van der Waals surface area contributed by atoms with E-state index >= 15 is 0 Å². The number of hydrogen-bond donors (Lipinski definition) is 0. The third-order valence-corrected chi connectivity index (χ3v) is 9.30. The highest BCUT2D eigenvalue weighted by Crippen LogP contribution is 2.66. The molecule has 2 fully saturated rings. The van der Waals surface area contributed by atoms with E-state index in [4.69, 9.17) is 4.74 Å². The van der Waals surface area contributed by atoms with Crippen LogP contribution in [-0.4, -0.2) is 25.8 Å². The fourth-order valence-electron chi connectivity index (χ4n) is 5.94. The highest BCUT2D eigenvalue weighted by Gasteiger charge is 2.66. The average molecular weight is 432 g/mol. The summed E-state index contributed by atoms with van der Waals surface area (Å²) in [6, 6.07) is 26.1. The van der Waals surface area contributed by atoms with E-state index in [-0.39, 0.29) is 5.92 Å². The first-order chi connectivity index (χ1) is 15.0. The molecule has 5 heteroatoms. The summed E-state index contributed by atoms with van der Waals surface area (Å²) in [5.74, 6) is 0.122. The molecule has 2 bridgehead atoms. The number of nitrogens with zero attached hydrogens (tertiary/aromatic N) is 1. The van der Waals surface area contributed by atoms with Gasteiger partial charge in [-0.25, -0.2) is 8.42 Å². The molecule has 3 heterocycles. The zero-order chi connectivity index (χ0) is 21.3. The maximum atomic E-state index is 13.4. The molecule has 31 heavy (non-hydrogen) atoms. The van der Waals surface area contributed by atoms with Gasteiger partial charge in [-0.05, 0) is 48.6 Å². The second kappa shape index (κ2) is 6.52. The standard InChI is InChI=1S/C26H25NO3S/c1-19-11-13-22(14-12-19)31(28,29)27-16-15-25-21(18-27)17-26(30-25,20-7-3-2-4-8-20)24-10-6-5-9-23(24)25/h2-14,21H,15-18H2,1H3/t21?,25-,26+/m0/s1. The first-order valence-electron chi connectivity index (χ1n) is 10.9. The first-order valence-corrected chi connectivity index (χ1v) is 12.3. The van der Waals surface area contributed by atoms with Gasteiger partial charge in [-0.3, -0.25) is 0 Å². The Balaban J connectivity index is 1.41. The van der Waals surface area contributed by atoms with Gasteiger partial charge in [0.2, 0.25) is 10.0 Å². The van der Waals surface area contributed by atoms with Crippen molar-refractivity contribution in [1.29, 1.82) is 0 Å². The van der Waals surface area contributed by atoms with Gasteiger partial charge in [0.15, 0.2) is 0 Å². The minimum atomic E-state index is -3.52. The average Bonchev–Trinajstić information content (AvgIpc) is 3.30. The van der Waals surface area contributed by atoms with E-state index in [1.807, 2.05) is 25.1 Å². The number of hydrogen-bond acceptors (Lipinski definition) is 3. The number of aryl methyl sites for hydroxylation is 1. The van der Waals surface area contributed by atoms with E-state index in [0.29, 0.717) is 24.4 Å². The molecule has 0 N–H and O–H groups in total. The van der Waals surface area contributed by atoms with Gasteiger partial charge in [0.05, 0.1) is 4.90 Å². The molecule has 2 saturated heterocycles. The minimum absolute atomic E-state index is 0.122. The van der Waals surface area contributed by atoms with Gasteiger partial charge in [-0.1, -0.05) is 72.3 Å². The number of ether oxygens (including phenoxy) is 1. The van der Waals surface area contributed by atoms with Gasteiger partial charge in [0.1, 0.15) is 11.2 Å².